The van der Waals surface area contributed by atoms with Gasteiger partial charge in [-0.2, -0.15) is 0 Å². The summed E-state index contributed by atoms with van der Waals surface area (Å²) in [5.41, 5.74) is -0.479. The smallest absolute Gasteiger partial charge is 0.267 e. The fourth-order valence-corrected chi connectivity index (χ4v) is 2.60. The Morgan fingerprint density at radius 3 is 2.44 bits per heavy atom. The Balaban J connectivity index is 1.70. The number of carbonyl (C=O) groups excluding carboxylic acids is 2. The van der Waals surface area contributed by atoms with E-state index in [1.54, 1.807) is 26.0 Å². The fourth-order valence-electron chi connectivity index (χ4n) is 2.39. The fraction of sp³-hybridized carbons (Fsp3) is 0.300. The lowest BCUT2D eigenvalue weighted by Crippen LogP contribution is -2.42. The Kier molecular flexibility index (Phi) is 5.37. The van der Waals surface area contributed by atoms with Crippen molar-refractivity contribution in [2.75, 3.05) is 5.32 Å². The normalized spacial score (nSPS) is 13.8. The minimum Gasteiger partial charge on any atom is -0.478 e. The molecule has 1 fully saturated rings. The lowest BCUT2D eigenvalue weighted by Gasteiger charge is -2.25. The summed E-state index contributed by atoms with van der Waals surface area (Å²) in [7, 11) is 0. The van der Waals surface area contributed by atoms with Crippen LogP contribution in [0.3, 0.4) is 0 Å². The molecule has 142 valence electrons. The Hall–Kier alpha value is -2.60. The molecule has 0 bridgehead atoms. The largest absolute Gasteiger partial charge is 0.478 e. The summed E-state index contributed by atoms with van der Waals surface area (Å²) in [5, 5.41) is 5.91. The van der Waals surface area contributed by atoms with Crippen LogP contribution in [0.2, 0.25) is 5.02 Å². The van der Waals surface area contributed by atoms with Crippen LogP contribution in [0.5, 0.6) is 5.75 Å². The number of benzene rings is 2. The van der Waals surface area contributed by atoms with E-state index in [1.807, 2.05) is 0 Å². The second-order valence-corrected chi connectivity index (χ2v) is 7.37. The third kappa shape index (κ3) is 4.98. The van der Waals surface area contributed by atoms with Gasteiger partial charge in [0.05, 0.1) is 10.6 Å². The van der Waals surface area contributed by atoms with Crippen LogP contribution in [-0.4, -0.2) is 23.5 Å². The number of ether oxygens (including phenoxy) is 1. The van der Waals surface area contributed by atoms with E-state index in [0.29, 0.717) is 22.0 Å². The first-order valence-electron chi connectivity index (χ1n) is 8.61. The van der Waals surface area contributed by atoms with Gasteiger partial charge in [0.1, 0.15) is 11.6 Å². The van der Waals surface area contributed by atoms with Gasteiger partial charge >= 0.3 is 0 Å². The van der Waals surface area contributed by atoms with Crippen LogP contribution < -0.4 is 15.4 Å². The van der Waals surface area contributed by atoms with Crippen LogP contribution in [0.15, 0.2) is 42.5 Å². The molecule has 1 aliphatic carbocycles. The highest BCUT2D eigenvalue weighted by atomic mass is 35.5. The first kappa shape index (κ1) is 19.2. The number of anilines is 1. The van der Waals surface area contributed by atoms with Crippen LogP contribution in [0.4, 0.5) is 10.1 Å². The summed E-state index contributed by atoms with van der Waals surface area (Å²) in [4.78, 5) is 24.9. The van der Waals surface area contributed by atoms with E-state index in [9.17, 15) is 14.0 Å². The Labute approximate surface area is 161 Å². The maximum atomic E-state index is 13.0. The van der Waals surface area contributed by atoms with Gasteiger partial charge in [-0.15, -0.1) is 0 Å². The average molecular weight is 391 g/mol. The summed E-state index contributed by atoms with van der Waals surface area (Å²) in [6.07, 6.45) is 1.93. The number of halogens is 2. The standard InChI is InChI=1S/C20H20ClFN2O3/c1-20(2,27-15-8-3-12(22)4-9-15)19(26)24-14-7-10-17(21)16(11-14)18(25)23-13-5-6-13/h3-4,7-11,13H,5-6H2,1-2H3,(H,23,25)(H,24,26). The maximum Gasteiger partial charge on any atom is 0.267 e. The van der Waals surface area contributed by atoms with Gasteiger partial charge in [-0.25, -0.2) is 4.39 Å². The molecule has 5 nitrogen and oxygen atoms in total. The zero-order valence-corrected chi connectivity index (χ0v) is 15.8. The van der Waals surface area contributed by atoms with E-state index in [4.69, 9.17) is 16.3 Å². The number of hydrogen-bond donors (Lipinski definition) is 2. The third-order valence-electron chi connectivity index (χ3n) is 4.11. The van der Waals surface area contributed by atoms with Crippen LogP contribution in [0, 0.1) is 5.82 Å². The second-order valence-electron chi connectivity index (χ2n) is 6.96. The highest BCUT2D eigenvalue weighted by Gasteiger charge is 2.30. The molecular formula is C20H20ClFN2O3. The zero-order chi connectivity index (χ0) is 19.6. The van der Waals surface area contributed by atoms with E-state index in [-0.39, 0.29) is 17.8 Å². The van der Waals surface area contributed by atoms with Crippen molar-refractivity contribution in [3.63, 3.8) is 0 Å². The topological polar surface area (TPSA) is 67.4 Å². The van der Waals surface area contributed by atoms with Gasteiger partial charge in [-0.1, -0.05) is 11.6 Å². The SMILES string of the molecule is CC(C)(Oc1ccc(F)cc1)C(=O)Nc1ccc(Cl)c(C(=O)NC2CC2)c1. The van der Waals surface area contributed by atoms with Crippen molar-refractivity contribution in [1.82, 2.24) is 5.32 Å². The highest BCUT2D eigenvalue weighted by Crippen LogP contribution is 2.25. The van der Waals surface area contributed by atoms with Crippen LogP contribution >= 0.6 is 11.6 Å². The summed E-state index contributed by atoms with van der Waals surface area (Å²) in [5.74, 6) is -0.692. The summed E-state index contributed by atoms with van der Waals surface area (Å²) < 4.78 is 18.7. The van der Waals surface area contributed by atoms with E-state index in [2.05, 4.69) is 10.6 Å². The number of rotatable bonds is 6. The van der Waals surface area contributed by atoms with Gasteiger partial charge < -0.3 is 15.4 Å². The van der Waals surface area contributed by atoms with Crippen LogP contribution in [0.25, 0.3) is 0 Å². The molecule has 0 heterocycles. The molecule has 2 amide bonds. The predicted molar refractivity (Wildman–Crippen MR) is 102 cm³/mol. The average Bonchev–Trinajstić information content (AvgIpc) is 3.42. The lowest BCUT2D eigenvalue weighted by molar-refractivity contribution is -0.128. The molecule has 0 atom stereocenters. The first-order chi connectivity index (χ1) is 12.7. The molecule has 27 heavy (non-hydrogen) atoms. The molecule has 2 aromatic rings. The lowest BCUT2D eigenvalue weighted by atomic mass is 10.1. The quantitative estimate of drug-likeness (QED) is 0.778. The van der Waals surface area contributed by atoms with Crippen molar-refractivity contribution in [1.29, 1.82) is 0 Å². The molecule has 0 aromatic heterocycles. The van der Waals surface area contributed by atoms with Crippen molar-refractivity contribution in [2.45, 2.75) is 38.3 Å². The summed E-state index contributed by atoms with van der Waals surface area (Å²) in [6.45, 7) is 3.20. The third-order valence-corrected chi connectivity index (χ3v) is 4.44. The molecule has 2 aromatic carbocycles. The maximum absolute atomic E-state index is 13.0. The van der Waals surface area contributed by atoms with E-state index in [1.165, 1.54) is 30.3 Å². The Morgan fingerprint density at radius 2 is 1.81 bits per heavy atom. The Morgan fingerprint density at radius 1 is 1.15 bits per heavy atom. The number of carbonyl (C=O) groups is 2. The molecule has 2 N–H and O–H groups in total. The number of amides is 2. The van der Waals surface area contributed by atoms with E-state index >= 15 is 0 Å². The van der Waals surface area contributed by atoms with Crippen molar-refractivity contribution in [3.05, 3.63) is 58.9 Å². The molecule has 7 heteroatoms. The Bertz CT molecular complexity index is 864. The number of hydrogen-bond acceptors (Lipinski definition) is 3. The monoisotopic (exact) mass is 390 g/mol. The second kappa shape index (κ2) is 7.56. The highest BCUT2D eigenvalue weighted by molar-refractivity contribution is 6.34. The van der Waals surface area contributed by atoms with Gasteiger partial charge in [0.25, 0.3) is 11.8 Å². The van der Waals surface area contributed by atoms with E-state index in [0.717, 1.165) is 12.8 Å². The van der Waals surface area contributed by atoms with Crippen molar-refractivity contribution >= 4 is 29.1 Å². The molecule has 1 aliphatic rings. The molecule has 0 unspecified atom stereocenters. The van der Waals surface area contributed by atoms with Gasteiger partial charge in [0.2, 0.25) is 0 Å². The minimum atomic E-state index is -1.21. The molecular weight excluding hydrogens is 371 g/mol. The van der Waals surface area contributed by atoms with Gasteiger partial charge in [-0.3, -0.25) is 9.59 Å². The van der Waals surface area contributed by atoms with Gasteiger partial charge in [0.15, 0.2) is 5.60 Å². The molecule has 0 radical (unpaired) electrons. The van der Waals surface area contributed by atoms with Crippen molar-refractivity contribution in [2.24, 2.45) is 0 Å². The summed E-state index contributed by atoms with van der Waals surface area (Å²) >= 11 is 6.11. The molecule has 3 rings (SSSR count). The molecule has 0 spiro atoms. The van der Waals surface area contributed by atoms with Gasteiger partial charge in [-0.05, 0) is 69.2 Å². The van der Waals surface area contributed by atoms with Crippen molar-refractivity contribution in [3.8, 4) is 5.75 Å². The minimum absolute atomic E-state index is 0.204. The van der Waals surface area contributed by atoms with Gasteiger partial charge in [0, 0.05) is 11.7 Å². The van der Waals surface area contributed by atoms with Crippen LogP contribution in [-0.2, 0) is 4.79 Å². The van der Waals surface area contributed by atoms with E-state index < -0.39 is 11.5 Å². The van der Waals surface area contributed by atoms with Crippen LogP contribution in [0.1, 0.15) is 37.0 Å². The molecule has 1 saturated carbocycles. The predicted octanol–water partition coefficient (Wildman–Crippen LogP) is 4.17. The van der Waals surface area contributed by atoms with Crippen molar-refractivity contribution < 1.29 is 18.7 Å². The first-order valence-corrected chi connectivity index (χ1v) is 8.99. The molecule has 0 aliphatic heterocycles. The summed E-state index contributed by atoms with van der Waals surface area (Å²) in [6, 6.07) is 10.3. The zero-order valence-electron chi connectivity index (χ0n) is 15.0. The molecule has 0 saturated heterocycles. The number of nitrogens with one attached hydrogen (secondary N) is 2.